The van der Waals surface area contributed by atoms with E-state index in [-0.39, 0.29) is 11.8 Å². The quantitative estimate of drug-likeness (QED) is 0.870. The van der Waals surface area contributed by atoms with Crippen LogP contribution in [0.1, 0.15) is 12.8 Å². The maximum absolute atomic E-state index is 11.5. The van der Waals surface area contributed by atoms with Crippen LogP contribution in [0.15, 0.2) is 18.2 Å². The first-order valence-electron chi connectivity index (χ1n) is 5.13. The standard InChI is InChI=1S/C11H10Cl2N2O2/c12-7-3-4-9(8(13)5-7)14-11(17)15-10(16)6-1-2-6/h3-6H,1-2H2,(H2,14,15,16,17). The van der Waals surface area contributed by atoms with E-state index in [1.807, 2.05) is 0 Å². The molecule has 0 atom stereocenters. The lowest BCUT2D eigenvalue weighted by Gasteiger charge is -2.07. The SMILES string of the molecule is O=C(NC(=O)C1CC1)Nc1ccc(Cl)cc1Cl. The van der Waals surface area contributed by atoms with Crippen LogP contribution in [0.3, 0.4) is 0 Å². The molecule has 1 aromatic rings. The van der Waals surface area contributed by atoms with Gasteiger partial charge in [-0.25, -0.2) is 4.79 Å². The van der Waals surface area contributed by atoms with Crippen LogP contribution in [-0.2, 0) is 4.79 Å². The molecule has 0 spiro atoms. The van der Waals surface area contributed by atoms with Crippen LogP contribution in [0.5, 0.6) is 0 Å². The number of halogens is 2. The fraction of sp³-hybridized carbons (Fsp3) is 0.273. The molecule has 90 valence electrons. The Balaban J connectivity index is 1.95. The lowest BCUT2D eigenvalue weighted by Crippen LogP contribution is -2.35. The van der Waals surface area contributed by atoms with Gasteiger partial charge in [0, 0.05) is 10.9 Å². The Labute approximate surface area is 108 Å². The molecule has 3 amide bonds. The molecule has 0 aliphatic heterocycles. The zero-order valence-electron chi connectivity index (χ0n) is 8.80. The van der Waals surface area contributed by atoms with E-state index in [0.717, 1.165) is 12.8 Å². The number of nitrogens with one attached hydrogen (secondary N) is 2. The Bertz CT molecular complexity index is 473. The number of urea groups is 1. The van der Waals surface area contributed by atoms with Gasteiger partial charge in [-0.1, -0.05) is 23.2 Å². The maximum Gasteiger partial charge on any atom is 0.325 e. The van der Waals surface area contributed by atoms with Gasteiger partial charge < -0.3 is 5.32 Å². The molecule has 0 heterocycles. The summed E-state index contributed by atoms with van der Waals surface area (Å²) in [5.74, 6) is -0.256. The number of benzene rings is 1. The molecule has 1 aliphatic rings. The van der Waals surface area contributed by atoms with Gasteiger partial charge in [-0.05, 0) is 31.0 Å². The fourth-order valence-electron chi connectivity index (χ4n) is 1.30. The second kappa shape index (κ2) is 4.94. The van der Waals surface area contributed by atoms with Gasteiger partial charge in [0.2, 0.25) is 5.91 Å². The minimum Gasteiger partial charge on any atom is -0.306 e. The normalized spacial score (nSPS) is 14.2. The molecule has 1 saturated carbocycles. The van der Waals surface area contributed by atoms with E-state index >= 15 is 0 Å². The van der Waals surface area contributed by atoms with E-state index in [0.29, 0.717) is 15.7 Å². The van der Waals surface area contributed by atoms with E-state index < -0.39 is 6.03 Å². The van der Waals surface area contributed by atoms with Crippen molar-refractivity contribution in [3.63, 3.8) is 0 Å². The van der Waals surface area contributed by atoms with Gasteiger partial charge in [0.15, 0.2) is 0 Å². The highest BCUT2D eigenvalue weighted by Crippen LogP contribution is 2.29. The van der Waals surface area contributed by atoms with Crippen LogP contribution in [0.2, 0.25) is 10.0 Å². The molecule has 0 aromatic heterocycles. The summed E-state index contributed by atoms with van der Waals surface area (Å²) in [7, 11) is 0. The van der Waals surface area contributed by atoms with Crippen molar-refractivity contribution in [2.24, 2.45) is 5.92 Å². The van der Waals surface area contributed by atoms with Gasteiger partial charge in [-0.3, -0.25) is 10.1 Å². The van der Waals surface area contributed by atoms with E-state index in [9.17, 15) is 9.59 Å². The number of imide groups is 1. The molecule has 0 unspecified atom stereocenters. The number of anilines is 1. The van der Waals surface area contributed by atoms with E-state index in [1.54, 1.807) is 12.1 Å². The van der Waals surface area contributed by atoms with Crippen LogP contribution in [-0.4, -0.2) is 11.9 Å². The van der Waals surface area contributed by atoms with Crippen LogP contribution in [0, 0.1) is 5.92 Å². The number of hydrogen-bond donors (Lipinski definition) is 2. The molecule has 4 nitrogen and oxygen atoms in total. The summed E-state index contributed by atoms with van der Waals surface area (Å²) in [6.45, 7) is 0. The largest absolute Gasteiger partial charge is 0.325 e. The van der Waals surface area contributed by atoms with E-state index in [4.69, 9.17) is 23.2 Å². The second-order valence-corrected chi connectivity index (χ2v) is 4.69. The number of amides is 3. The van der Waals surface area contributed by atoms with Crippen molar-refractivity contribution >= 4 is 40.8 Å². The molecule has 1 aromatic carbocycles. The van der Waals surface area contributed by atoms with Crippen molar-refractivity contribution < 1.29 is 9.59 Å². The van der Waals surface area contributed by atoms with Crippen molar-refractivity contribution in [3.8, 4) is 0 Å². The Kier molecular flexibility index (Phi) is 3.54. The van der Waals surface area contributed by atoms with Gasteiger partial charge in [0.1, 0.15) is 0 Å². The predicted octanol–water partition coefficient (Wildman–Crippen LogP) is 3.05. The Hall–Kier alpha value is -1.26. The third kappa shape index (κ3) is 3.35. The first-order valence-corrected chi connectivity index (χ1v) is 5.89. The molecule has 2 rings (SSSR count). The summed E-state index contributed by atoms with van der Waals surface area (Å²) in [4.78, 5) is 22.8. The topological polar surface area (TPSA) is 58.2 Å². The van der Waals surface area contributed by atoms with Gasteiger partial charge in [-0.2, -0.15) is 0 Å². The minimum absolute atomic E-state index is 0.0126. The highest BCUT2D eigenvalue weighted by Gasteiger charge is 2.30. The van der Waals surface area contributed by atoms with Gasteiger partial charge in [-0.15, -0.1) is 0 Å². The highest BCUT2D eigenvalue weighted by atomic mass is 35.5. The molecular weight excluding hydrogens is 263 g/mol. The Morgan fingerprint density at radius 1 is 1.24 bits per heavy atom. The second-order valence-electron chi connectivity index (χ2n) is 3.84. The summed E-state index contributed by atoms with van der Waals surface area (Å²) >= 11 is 11.6. The van der Waals surface area contributed by atoms with Crippen molar-refractivity contribution in [3.05, 3.63) is 28.2 Å². The van der Waals surface area contributed by atoms with Crippen LogP contribution in [0.4, 0.5) is 10.5 Å². The van der Waals surface area contributed by atoms with Crippen LogP contribution in [0.25, 0.3) is 0 Å². The summed E-state index contributed by atoms with van der Waals surface area (Å²) in [6.07, 6.45) is 1.70. The fourth-order valence-corrected chi connectivity index (χ4v) is 1.76. The van der Waals surface area contributed by atoms with Gasteiger partial charge >= 0.3 is 6.03 Å². The molecule has 6 heteroatoms. The monoisotopic (exact) mass is 272 g/mol. The van der Waals surface area contributed by atoms with Crippen molar-refractivity contribution in [1.82, 2.24) is 5.32 Å². The zero-order valence-corrected chi connectivity index (χ0v) is 10.3. The summed E-state index contributed by atoms with van der Waals surface area (Å²) < 4.78 is 0. The number of carbonyl (C=O) groups excluding carboxylic acids is 2. The number of carbonyl (C=O) groups is 2. The molecule has 0 radical (unpaired) electrons. The Morgan fingerprint density at radius 3 is 2.53 bits per heavy atom. The molecular formula is C11H10Cl2N2O2. The third-order valence-corrected chi connectivity index (χ3v) is 2.91. The molecule has 17 heavy (non-hydrogen) atoms. The van der Waals surface area contributed by atoms with E-state index in [1.165, 1.54) is 6.07 Å². The third-order valence-electron chi connectivity index (χ3n) is 2.36. The molecule has 1 fully saturated rings. The summed E-state index contributed by atoms with van der Waals surface area (Å²) in [5.41, 5.74) is 0.414. The number of hydrogen-bond acceptors (Lipinski definition) is 2. The lowest BCUT2D eigenvalue weighted by molar-refractivity contribution is -0.121. The average molecular weight is 273 g/mol. The molecule has 0 saturated heterocycles. The summed E-state index contributed by atoms with van der Waals surface area (Å²) in [5, 5.41) is 5.55. The van der Waals surface area contributed by atoms with Gasteiger partial charge in [0.05, 0.1) is 10.7 Å². The Morgan fingerprint density at radius 2 is 1.94 bits per heavy atom. The first-order chi connectivity index (χ1) is 8.06. The molecule has 1 aliphatic carbocycles. The van der Waals surface area contributed by atoms with Crippen molar-refractivity contribution in [1.29, 1.82) is 0 Å². The summed E-state index contributed by atoms with van der Waals surface area (Å²) in [6, 6.07) is 4.12. The average Bonchev–Trinajstić information content (AvgIpc) is 3.05. The van der Waals surface area contributed by atoms with Crippen molar-refractivity contribution in [2.45, 2.75) is 12.8 Å². The van der Waals surface area contributed by atoms with Gasteiger partial charge in [0.25, 0.3) is 0 Å². The highest BCUT2D eigenvalue weighted by molar-refractivity contribution is 6.36. The maximum atomic E-state index is 11.5. The smallest absolute Gasteiger partial charge is 0.306 e. The van der Waals surface area contributed by atoms with Crippen LogP contribution < -0.4 is 10.6 Å². The zero-order chi connectivity index (χ0) is 12.4. The number of rotatable bonds is 2. The van der Waals surface area contributed by atoms with Crippen LogP contribution >= 0.6 is 23.2 Å². The lowest BCUT2D eigenvalue weighted by atomic mass is 10.3. The molecule has 0 bridgehead atoms. The predicted molar refractivity (Wildman–Crippen MR) is 66.3 cm³/mol. The first kappa shape index (κ1) is 12.2. The van der Waals surface area contributed by atoms with E-state index in [2.05, 4.69) is 10.6 Å². The molecule has 2 N–H and O–H groups in total. The minimum atomic E-state index is -0.578. The van der Waals surface area contributed by atoms with Crippen molar-refractivity contribution in [2.75, 3.05) is 5.32 Å².